The minimum Gasteiger partial charge on any atom is -0.376 e. The molecule has 0 amide bonds. The molecule has 0 aromatic carbocycles. The Morgan fingerprint density at radius 2 is 2.12 bits per heavy atom. The molecule has 2 heterocycles. The summed E-state index contributed by atoms with van der Waals surface area (Å²) in [6.07, 6.45) is 5.45. The maximum Gasteiger partial charge on any atom is 0.126 e. The molecule has 0 bridgehead atoms. The molecule has 6 heteroatoms. The summed E-state index contributed by atoms with van der Waals surface area (Å²) in [6, 6.07) is 3.94. The summed E-state index contributed by atoms with van der Waals surface area (Å²) in [7, 11) is 0. The zero-order valence-corrected chi connectivity index (χ0v) is 11.2. The first-order valence-electron chi connectivity index (χ1n) is 4.50. The highest BCUT2D eigenvalue weighted by atomic mass is 35.5. The molecule has 0 aliphatic carbocycles. The maximum atomic E-state index is 4.32. The van der Waals surface area contributed by atoms with Gasteiger partial charge in [-0.1, -0.05) is 11.3 Å². The van der Waals surface area contributed by atoms with E-state index in [1.54, 1.807) is 17.5 Å². The standard InChI is InChI=1S/C10H11N3S.2ClH/c1-2-12-9-7-13-10(14-9)8-4-3-5-11-6-8;;/h3-7,12H,2H2,1H3;2*1H. The normalized spacial score (nSPS) is 8.81. The lowest BCUT2D eigenvalue weighted by molar-refractivity contribution is 1.22. The van der Waals surface area contributed by atoms with E-state index in [2.05, 4.69) is 22.2 Å². The lowest BCUT2D eigenvalue weighted by Gasteiger charge is -1.94. The summed E-state index contributed by atoms with van der Waals surface area (Å²) in [4.78, 5) is 8.38. The zero-order chi connectivity index (χ0) is 9.80. The van der Waals surface area contributed by atoms with Crippen LogP contribution in [0.4, 0.5) is 5.00 Å². The largest absolute Gasteiger partial charge is 0.376 e. The lowest BCUT2D eigenvalue weighted by Crippen LogP contribution is -1.92. The fraction of sp³-hybridized carbons (Fsp3) is 0.200. The molecule has 0 unspecified atom stereocenters. The Kier molecular flexibility index (Phi) is 7.05. The predicted molar refractivity (Wildman–Crippen MR) is 74.0 cm³/mol. The Hall–Kier alpha value is -0.840. The van der Waals surface area contributed by atoms with Crippen molar-refractivity contribution in [3.05, 3.63) is 30.7 Å². The van der Waals surface area contributed by atoms with Crippen molar-refractivity contribution in [3.63, 3.8) is 0 Å². The van der Waals surface area contributed by atoms with Crippen LogP contribution in [0.3, 0.4) is 0 Å². The van der Waals surface area contributed by atoms with Gasteiger partial charge in [0, 0.05) is 24.5 Å². The van der Waals surface area contributed by atoms with E-state index >= 15 is 0 Å². The van der Waals surface area contributed by atoms with Crippen LogP contribution in [-0.4, -0.2) is 16.5 Å². The van der Waals surface area contributed by atoms with Crippen molar-refractivity contribution < 1.29 is 0 Å². The number of thiazole rings is 1. The number of nitrogens with one attached hydrogen (secondary N) is 1. The number of anilines is 1. The molecular formula is C10H13Cl2N3S. The van der Waals surface area contributed by atoms with E-state index in [0.29, 0.717) is 0 Å². The van der Waals surface area contributed by atoms with Gasteiger partial charge in [0.1, 0.15) is 10.0 Å². The molecule has 0 saturated carbocycles. The van der Waals surface area contributed by atoms with Crippen molar-refractivity contribution in [1.82, 2.24) is 9.97 Å². The van der Waals surface area contributed by atoms with Crippen LogP contribution in [0.5, 0.6) is 0 Å². The summed E-state index contributed by atoms with van der Waals surface area (Å²) in [5.41, 5.74) is 1.07. The molecule has 16 heavy (non-hydrogen) atoms. The van der Waals surface area contributed by atoms with Gasteiger partial charge in [0.2, 0.25) is 0 Å². The number of hydrogen-bond donors (Lipinski definition) is 1. The molecule has 2 aromatic rings. The Balaban J connectivity index is 0.00000112. The summed E-state index contributed by atoms with van der Waals surface area (Å²) in [6.45, 7) is 3.00. The molecule has 1 N–H and O–H groups in total. The van der Waals surface area contributed by atoms with Gasteiger partial charge in [0.15, 0.2) is 0 Å². The van der Waals surface area contributed by atoms with Crippen molar-refractivity contribution >= 4 is 41.2 Å². The number of aromatic nitrogens is 2. The van der Waals surface area contributed by atoms with Gasteiger partial charge in [-0.05, 0) is 19.1 Å². The highest BCUT2D eigenvalue weighted by Crippen LogP contribution is 2.27. The molecule has 2 rings (SSSR count). The highest BCUT2D eigenvalue weighted by molar-refractivity contribution is 7.18. The molecule has 0 saturated heterocycles. The van der Waals surface area contributed by atoms with Crippen LogP contribution in [-0.2, 0) is 0 Å². The van der Waals surface area contributed by atoms with E-state index < -0.39 is 0 Å². The summed E-state index contributed by atoms with van der Waals surface area (Å²) >= 11 is 1.65. The molecule has 0 aliphatic rings. The topological polar surface area (TPSA) is 37.8 Å². The second-order valence-electron chi connectivity index (χ2n) is 2.80. The third-order valence-electron chi connectivity index (χ3n) is 1.77. The van der Waals surface area contributed by atoms with Crippen LogP contribution in [0.1, 0.15) is 6.92 Å². The molecule has 0 fully saturated rings. The van der Waals surface area contributed by atoms with Gasteiger partial charge in [-0.25, -0.2) is 4.98 Å². The van der Waals surface area contributed by atoms with Crippen LogP contribution >= 0.6 is 36.2 Å². The number of halogens is 2. The number of pyridine rings is 1. The first kappa shape index (κ1) is 15.2. The molecule has 0 atom stereocenters. The first-order valence-corrected chi connectivity index (χ1v) is 5.32. The van der Waals surface area contributed by atoms with E-state index in [0.717, 1.165) is 22.1 Å². The van der Waals surface area contributed by atoms with Crippen LogP contribution in [0, 0.1) is 0 Å². The second kappa shape index (κ2) is 7.44. The smallest absolute Gasteiger partial charge is 0.126 e. The van der Waals surface area contributed by atoms with Crippen LogP contribution in [0.15, 0.2) is 30.7 Å². The van der Waals surface area contributed by atoms with E-state index in [1.807, 2.05) is 24.5 Å². The fourth-order valence-corrected chi connectivity index (χ4v) is 2.03. The van der Waals surface area contributed by atoms with Crippen molar-refractivity contribution in [2.45, 2.75) is 6.92 Å². The summed E-state index contributed by atoms with van der Waals surface area (Å²) in [5.74, 6) is 0. The van der Waals surface area contributed by atoms with E-state index in [9.17, 15) is 0 Å². The Morgan fingerprint density at radius 1 is 1.31 bits per heavy atom. The molecule has 0 spiro atoms. The van der Waals surface area contributed by atoms with Gasteiger partial charge in [-0.2, -0.15) is 0 Å². The van der Waals surface area contributed by atoms with Crippen LogP contribution < -0.4 is 5.32 Å². The molecule has 88 valence electrons. The second-order valence-corrected chi connectivity index (χ2v) is 3.83. The number of hydrogen-bond acceptors (Lipinski definition) is 4. The summed E-state index contributed by atoms with van der Waals surface area (Å²) in [5, 5.41) is 5.34. The lowest BCUT2D eigenvalue weighted by atomic mass is 10.3. The average Bonchev–Trinajstić information content (AvgIpc) is 2.68. The van der Waals surface area contributed by atoms with Crippen molar-refractivity contribution in [2.75, 3.05) is 11.9 Å². The van der Waals surface area contributed by atoms with Crippen LogP contribution in [0.2, 0.25) is 0 Å². The Bertz CT molecular complexity index is 405. The van der Waals surface area contributed by atoms with Gasteiger partial charge >= 0.3 is 0 Å². The first-order chi connectivity index (χ1) is 6.90. The molecule has 2 aromatic heterocycles. The third kappa shape index (κ3) is 3.63. The zero-order valence-electron chi connectivity index (χ0n) is 8.71. The minimum absolute atomic E-state index is 0. The molecule has 0 radical (unpaired) electrons. The highest BCUT2D eigenvalue weighted by Gasteiger charge is 2.02. The van der Waals surface area contributed by atoms with Gasteiger partial charge < -0.3 is 5.32 Å². The molecular weight excluding hydrogens is 265 g/mol. The van der Waals surface area contributed by atoms with Crippen molar-refractivity contribution in [3.8, 4) is 10.6 Å². The number of nitrogens with zero attached hydrogens (tertiary/aromatic N) is 2. The molecule has 0 aliphatic heterocycles. The van der Waals surface area contributed by atoms with Crippen molar-refractivity contribution in [2.24, 2.45) is 0 Å². The Labute approximate surface area is 111 Å². The van der Waals surface area contributed by atoms with Gasteiger partial charge in [-0.3, -0.25) is 4.98 Å². The molecule has 3 nitrogen and oxygen atoms in total. The summed E-state index contributed by atoms with van der Waals surface area (Å²) < 4.78 is 0. The van der Waals surface area contributed by atoms with Gasteiger partial charge in [0.25, 0.3) is 0 Å². The quantitative estimate of drug-likeness (QED) is 0.934. The monoisotopic (exact) mass is 277 g/mol. The fourth-order valence-electron chi connectivity index (χ4n) is 1.15. The minimum atomic E-state index is 0. The number of rotatable bonds is 3. The van der Waals surface area contributed by atoms with E-state index in [1.165, 1.54) is 0 Å². The van der Waals surface area contributed by atoms with Gasteiger partial charge in [0.05, 0.1) is 6.20 Å². The predicted octanol–water partition coefficient (Wildman–Crippen LogP) is 3.48. The van der Waals surface area contributed by atoms with Gasteiger partial charge in [-0.15, -0.1) is 24.8 Å². The van der Waals surface area contributed by atoms with E-state index in [4.69, 9.17) is 0 Å². The van der Waals surface area contributed by atoms with Crippen molar-refractivity contribution in [1.29, 1.82) is 0 Å². The van der Waals surface area contributed by atoms with E-state index in [-0.39, 0.29) is 24.8 Å². The third-order valence-corrected chi connectivity index (χ3v) is 2.77. The Morgan fingerprint density at radius 3 is 2.75 bits per heavy atom. The SMILES string of the molecule is CCNc1cnc(-c2cccnc2)s1.Cl.Cl. The maximum absolute atomic E-state index is 4.32. The van der Waals surface area contributed by atoms with Crippen LogP contribution in [0.25, 0.3) is 10.6 Å². The average molecular weight is 278 g/mol.